The molecule has 42 heavy (non-hydrogen) atoms. The van der Waals surface area contributed by atoms with Crippen LogP contribution in [-0.2, 0) is 20.9 Å². The van der Waals surface area contributed by atoms with Gasteiger partial charge in [0.2, 0.25) is 0 Å². The van der Waals surface area contributed by atoms with Crippen LogP contribution >= 0.6 is 0 Å². The Balaban J connectivity index is 1.34. The van der Waals surface area contributed by atoms with Gasteiger partial charge in [0.1, 0.15) is 6.10 Å². The molecule has 1 heterocycles. The van der Waals surface area contributed by atoms with Crippen LogP contribution in [0, 0.1) is 56.7 Å². The van der Waals surface area contributed by atoms with Gasteiger partial charge >= 0.3 is 11.9 Å². The van der Waals surface area contributed by atoms with Crippen molar-refractivity contribution in [3.8, 4) is 0 Å². The average Bonchev–Trinajstić information content (AvgIpc) is 3.32. The molecule has 1 aromatic heterocycles. The van der Waals surface area contributed by atoms with Crippen LogP contribution in [0.25, 0.3) is 0 Å². The molecule has 230 valence electrons. The fourth-order valence-corrected chi connectivity index (χ4v) is 12.7. The third kappa shape index (κ3) is 4.03. The van der Waals surface area contributed by atoms with Gasteiger partial charge < -0.3 is 9.84 Å². The number of hydrogen-bond donors (Lipinski definition) is 1. The summed E-state index contributed by atoms with van der Waals surface area (Å²) in [5.41, 5.74) is 1.01. The van der Waals surface area contributed by atoms with Crippen molar-refractivity contribution in [1.82, 2.24) is 0 Å². The minimum absolute atomic E-state index is 0.0111. The van der Waals surface area contributed by atoms with E-state index in [9.17, 15) is 14.7 Å². The van der Waals surface area contributed by atoms with E-state index in [0.29, 0.717) is 17.8 Å². The van der Waals surface area contributed by atoms with Gasteiger partial charge in [0.05, 0.1) is 5.41 Å². The lowest BCUT2D eigenvalue weighted by Crippen LogP contribution is -2.67. The molecule has 1 aromatic rings. The lowest BCUT2D eigenvalue weighted by molar-refractivity contribution is -0.689. The zero-order chi connectivity index (χ0) is 30.3. The Morgan fingerprint density at radius 3 is 2.24 bits per heavy atom. The monoisotopic (exact) mass is 576 g/mol. The molecule has 0 bridgehead atoms. The SMILES string of the molecule is C=C(C[n+]1ccccc1)[C@@H]1CC[C@]2(C(=O)O)CC[C@]3(C)[C@H](CC[C@@H]4[C@@]5(C)CC[C@H](OC(C)=O)C(C)(C)[C@@H]5CC[C@]43C)[C@@H]12. The van der Waals surface area contributed by atoms with E-state index in [1.165, 1.54) is 18.4 Å². The molecule has 5 saturated carbocycles. The second kappa shape index (κ2) is 9.92. The van der Waals surface area contributed by atoms with Crippen LogP contribution in [0.3, 0.4) is 0 Å². The quantitative estimate of drug-likeness (QED) is 0.222. The maximum atomic E-state index is 13.2. The fraction of sp³-hybridized carbons (Fsp3) is 0.757. The second-order valence-corrected chi connectivity index (χ2v) is 16.5. The molecule has 5 heteroatoms. The number of carbonyl (C=O) groups is 2. The highest BCUT2D eigenvalue weighted by molar-refractivity contribution is 5.76. The molecule has 0 unspecified atom stereocenters. The number of carboxylic acids is 1. The first-order valence-corrected chi connectivity index (χ1v) is 16.7. The molecule has 0 radical (unpaired) electrons. The first-order valence-electron chi connectivity index (χ1n) is 16.7. The Kier molecular flexibility index (Phi) is 7.06. The van der Waals surface area contributed by atoms with E-state index in [2.05, 4.69) is 70.3 Å². The lowest BCUT2D eigenvalue weighted by atomic mass is 9.32. The molecule has 0 spiro atoms. The minimum atomic E-state index is -0.618. The Bertz CT molecular complexity index is 1260. The molecule has 6 rings (SSSR count). The molecule has 0 amide bonds. The van der Waals surface area contributed by atoms with Crippen molar-refractivity contribution in [2.45, 2.75) is 118 Å². The summed E-state index contributed by atoms with van der Waals surface area (Å²) in [5, 5.41) is 10.8. The molecule has 1 N–H and O–H groups in total. The predicted octanol–water partition coefficient (Wildman–Crippen LogP) is 7.63. The molecule has 10 atom stereocenters. The smallest absolute Gasteiger partial charge is 0.309 e. The van der Waals surface area contributed by atoms with Crippen molar-refractivity contribution in [3.05, 3.63) is 42.7 Å². The Hall–Kier alpha value is -2.17. The highest BCUT2D eigenvalue weighted by Gasteiger charge is 2.72. The van der Waals surface area contributed by atoms with Crippen molar-refractivity contribution in [2.24, 2.45) is 56.7 Å². The number of allylic oxidation sites excluding steroid dienone is 1. The highest BCUT2D eigenvalue weighted by atomic mass is 16.5. The number of aliphatic carboxylic acids is 1. The minimum Gasteiger partial charge on any atom is -0.481 e. The number of pyridine rings is 1. The summed E-state index contributed by atoms with van der Waals surface area (Å²) in [6.07, 6.45) is 14.4. The molecule has 5 aliphatic carbocycles. The third-order valence-corrected chi connectivity index (χ3v) is 14.8. The van der Waals surface area contributed by atoms with Crippen LogP contribution in [0.1, 0.15) is 106 Å². The normalized spacial score (nSPS) is 45.5. The fourth-order valence-electron chi connectivity index (χ4n) is 12.7. The number of hydrogen-bond acceptors (Lipinski definition) is 3. The number of carboxylic acid groups (broad SMARTS) is 1. The van der Waals surface area contributed by atoms with Gasteiger partial charge in [-0.25, -0.2) is 4.57 Å². The van der Waals surface area contributed by atoms with Crippen molar-refractivity contribution < 1.29 is 24.0 Å². The van der Waals surface area contributed by atoms with Gasteiger partial charge in [0.15, 0.2) is 18.9 Å². The number of ether oxygens (including phenoxy) is 1. The van der Waals surface area contributed by atoms with E-state index in [0.717, 1.165) is 57.9 Å². The molecule has 5 aliphatic rings. The van der Waals surface area contributed by atoms with Gasteiger partial charge in [0.25, 0.3) is 0 Å². The maximum Gasteiger partial charge on any atom is 0.309 e. The maximum absolute atomic E-state index is 13.2. The molecule has 0 aromatic carbocycles. The summed E-state index contributed by atoms with van der Waals surface area (Å²) in [6, 6.07) is 6.15. The van der Waals surface area contributed by atoms with Gasteiger partial charge in [-0.15, -0.1) is 0 Å². The number of fused-ring (bicyclic) bond motifs is 7. The van der Waals surface area contributed by atoms with E-state index in [4.69, 9.17) is 4.74 Å². The topological polar surface area (TPSA) is 67.5 Å². The summed E-state index contributed by atoms with van der Waals surface area (Å²) in [6.45, 7) is 19.4. The number of esters is 1. The van der Waals surface area contributed by atoms with Crippen molar-refractivity contribution >= 4 is 11.9 Å². The van der Waals surface area contributed by atoms with Gasteiger partial charge in [-0.05, 0) is 116 Å². The van der Waals surface area contributed by atoms with Gasteiger partial charge in [-0.2, -0.15) is 0 Å². The Morgan fingerprint density at radius 1 is 0.857 bits per heavy atom. The van der Waals surface area contributed by atoms with Crippen molar-refractivity contribution in [1.29, 1.82) is 0 Å². The van der Waals surface area contributed by atoms with Gasteiger partial charge in [-0.1, -0.05) is 47.3 Å². The van der Waals surface area contributed by atoms with Gasteiger partial charge in [-0.3, -0.25) is 9.59 Å². The highest BCUT2D eigenvalue weighted by Crippen LogP contribution is 2.77. The Morgan fingerprint density at radius 2 is 1.57 bits per heavy atom. The summed E-state index contributed by atoms with van der Waals surface area (Å²) >= 11 is 0. The van der Waals surface area contributed by atoms with Crippen molar-refractivity contribution in [3.63, 3.8) is 0 Å². The largest absolute Gasteiger partial charge is 0.481 e. The molecule has 5 nitrogen and oxygen atoms in total. The van der Waals surface area contributed by atoms with E-state index in [-0.39, 0.29) is 45.6 Å². The molecule has 0 saturated heterocycles. The van der Waals surface area contributed by atoms with Crippen LogP contribution < -0.4 is 4.57 Å². The van der Waals surface area contributed by atoms with E-state index < -0.39 is 11.4 Å². The van der Waals surface area contributed by atoms with Crippen LogP contribution in [-0.4, -0.2) is 23.1 Å². The predicted molar refractivity (Wildman–Crippen MR) is 163 cm³/mol. The van der Waals surface area contributed by atoms with Gasteiger partial charge in [0, 0.05) is 24.5 Å². The number of aromatic nitrogens is 1. The number of nitrogens with zero attached hydrogens (tertiary/aromatic N) is 1. The number of carbonyl (C=O) groups excluding carboxylic acids is 1. The average molecular weight is 577 g/mol. The van der Waals surface area contributed by atoms with Crippen LogP contribution in [0.4, 0.5) is 0 Å². The zero-order valence-corrected chi connectivity index (χ0v) is 27.0. The summed E-state index contributed by atoms with van der Waals surface area (Å²) in [4.78, 5) is 25.2. The summed E-state index contributed by atoms with van der Waals surface area (Å²) in [5.74, 6) is 1.21. The van der Waals surface area contributed by atoms with Crippen molar-refractivity contribution in [2.75, 3.05) is 0 Å². The van der Waals surface area contributed by atoms with Crippen LogP contribution in [0.2, 0.25) is 0 Å². The van der Waals surface area contributed by atoms with Crippen LogP contribution in [0.5, 0.6) is 0 Å². The van der Waals surface area contributed by atoms with E-state index in [1.807, 2.05) is 6.07 Å². The van der Waals surface area contributed by atoms with Crippen LogP contribution in [0.15, 0.2) is 42.7 Å². The lowest BCUT2D eigenvalue weighted by Gasteiger charge is -2.72. The molecule has 5 fully saturated rings. The molecular formula is C37H54NO4+. The van der Waals surface area contributed by atoms with E-state index in [1.54, 1.807) is 6.92 Å². The Labute approximate surface area is 253 Å². The third-order valence-electron chi connectivity index (χ3n) is 14.8. The molecule has 0 aliphatic heterocycles. The zero-order valence-electron chi connectivity index (χ0n) is 27.0. The second-order valence-electron chi connectivity index (χ2n) is 16.5. The van der Waals surface area contributed by atoms with E-state index >= 15 is 0 Å². The summed E-state index contributed by atoms with van der Waals surface area (Å²) in [7, 11) is 0. The standard InChI is InChI=1S/C37H53NO4/c1-24(23-38-21-9-8-10-22-38)26-13-18-37(32(40)41)20-19-35(6)27(31(26)37)11-12-29-34(5)16-15-30(42-25(2)39)33(3,4)28(34)14-17-36(29,35)7/h8-10,21-22,26-31H,1,11-20,23H2,2-7H3/p+1/t26-,27+,28-,29+,30-,31+,34-,35+,36+,37-/m0/s1. The molecular weight excluding hydrogens is 522 g/mol. The number of rotatable bonds is 5. The first kappa shape index (κ1) is 29.9. The summed E-state index contributed by atoms with van der Waals surface area (Å²) < 4.78 is 8.11. The first-order chi connectivity index (χ1) is 19.7.